The molecular weight excluding hydrogens is 579 g/mol. The lowest BCUT2D eigenvalue weighted by molar-refractivity contribution is -0.139. The summed E-state index contributed by atoms with van der Waals surface area (Å²) >= 11 is 2.06. The molecule has 1 aliphatic rings. The molecule has 3 N–H and O–H groups in total. The van der Waals surface area contributed by atoms with Crippen molar-refractivity contribution in [2.75, 3.05) is 32.2 Å². The largest absolute Gasteiger partial charge is 0.493 e. The minimum atomic E-state index is -0.874. The Bertz CT molecular complexity index is 1130. The van der Waals surface area contributed by atoms with Crippen LogP contribution in [0, 0.1) is 17.4 Å². The number of carbonyl (C=O) groups is 3. The maximum atomic E-state index is 12.5. The lowest BCUT2D eigenvalue weighted by Crippen LogP contribution is -2.41. The molecule has 1 aliphatic heterocycles. The Balaban J connectivity index is 1.55. The van der Waals surface area contributed by atoms with Gasteiger partial charge in [0.25, 0.3) is 5.91 Å². The van der Waals surface area contributed by atoms with Gasteiger partial charge in [-0.25, -0.2) is 5.43 Å². The third-order valence-electron chi connectivity index (χ3n) is 5.45. The molecule has 0 saturated carbocycles. The van der Waals surface area contributed by atoms with Crippen LogP contribution in [0.2, 0.25) is 0 Å². The maximum Gasteiger partial charge on any atom is 0.329 e. The van der Waals surface area contributed by atoms with Crippen LogP contribution < -0.4 is 25.5 Å². The summed E-state index contributed by atoms with van der Waals surface area (Å²) in [7, 11) is 1.48. The van der Waals surface area contributed by atoms with Gasteiger partial charge in [0.05, 0.1) is 23.0 Å². The van der Waals surface area contributed by atoms with Gasteiger partial charge in [-0.15, -0.1) is 0 Å². The first-order valence-corrected chi connectivity index (χ1v) is 12.5. The van der Waals surface area contributed by atoms with E-state index in [2.05, 4.69) is 43.8 Å². The van der Waals surface area contributed by atoms with E-state index in [0.717, 1.165) is 29.7 Å². The monoisotopic (exact) mass is 608 g/mol. The number of hydrogen-bond acceptors (Lipinski definition) is 7. The smallest absolute Gasteiger partial charge is 0.329 e. The molecule has 1 fully saturated rings. The van der Waals surface area contributed by atoms with Crippen LogP contribution in [-0.2, 0) is 19.1 Å². The first-order chi connectivity index (χ1) is 17.3. The van der Waals surface area contributed by atoms with E-state index in [9.17, 15) is 14.4 Å². The normalized spacial score (nSPS) is 14.9. The Morgan fingerprint density at radius 2 is 1.94 bits per heavy atom. The lowest BCUT2D eigenvalue weighted by Gasteiger charge is -2.15. The van der Waals surface area contributed by atoms with Crippen LogP contribution in [0.1, 0.15) is 29.5 Å². The van der Waals surface area contributed by atoms with Crippen molar-refractivity contribution in [1.29, 1.82) is 0 Å². The Kier molecular flexibility index (Phi) is 10.1. The van der Waals surface area contributed by atoms with Gasteiger partial charge in [-0.2, -0.15) is 5.10 Å². The predicted molar refractivity (Wildman–Crippen MR) is 143 cm³/mol. The highest BCUT2D eigenvalue weighted by molar-refractivity contribution is 14.1. The fraction of sp³-hybridized carbons (Fsp3) is 0.360. The molecule has 192 valence electrons. The number of nitrogens with zero attached hydrogens (tertiary/aromatic N) is 1. The van der Waals surface area contributed by atoms with E-state index in [1.54, 1.807) is 12.1 Å². The van der Waals surface area contributed by atoms with Gasteiger partial charge in [-0.05, 0) is 78.1 Å². The van der Waals surface area contributed by atoms with Crippen molar-refractivity contribution in [3.05, 3.63) is 50.6 Å². The van der Waals surface area contributed by atoms with Crippen molar-refractivity contribution in [3.63, 3.8) is 0 Å². The standard InChI is InChI=1S/C25H29IN4O6/c1-15-6-4-7-16(2)22(15)29-21(31)14-36-23-19(26)10-17(11-20(23)34-3)12-28-30-25(33)24(32)27-13-18-8-5-9-35-18/h4,6-7,10-12,18H,5,8-9,13-14H2,1-3H3,(H,27,32)(H,29,31)(H,30,33)/b28-12-/t18-/m0/s1. The van der Waals surface area contributed by atoms with Crippen molar-refractivity contribution in [1.82, 2.24) is 10.7 Å². The molecule has 3 amide bonds. The van der Waals surface area contributed by atoms with Gasteiger partial charge in [-0.3, -0.25) is 14.4 Å². The Morgan fingerprint density at radius 1 is 1.19 bits per heavy atom. The van der Waals surface area contributed by atoms with Gasteiger partial charge >= 0.3 is 11.8 Å². The second-order valence-corrected chi connectivity index (χ2v) is 9.34. The summed E-state index contributed by atoms with van der Waals surface area (Å²) in [4.78, 5) is 36.3. The number of amides is 3. The second kappa shape index (κ2) is 13.2. The van der Waals surface area contributed by atoms with E-state index < -0.39 is 11.8 Å². The summed E-state index contributed by atoms with van der Waals surface area (Å²) in [6.07, 6.45) is 3.13. The quantitative estimate of drug-likeness (QED) is 0.174. The van der Waals surface area contributed by atoms with Crippen LogP contribution in [0.25, 0.3) is 0 Å². The maximum absolute atomic E-state index is 12.5. The average molecular weight is 608 g/mol. The van der Waals surface area contributed by atoms with Crippen molar-refractivity contribution in [3.8, 4) is 11.5 Å². The van der Waals surface area contributed by atoms with Crippen molar-refractivity contribution < 1.29 is 28.6 Å². The number of anilines is 1. The van der Waals surface area contributed by atoms with Gasteiger partial charge < -0.3 is 24.8 Å². The lowest BCUT2D eigenvalue weighted by atomic mass is 10.1. The number of carbonyl (C=O) groups excluding carboxylic acids is 3. The highest BCUT2D eigenvalue weighted by atomic mass is 127. The van der Waals surface area contributed by atoms with E-state index in [-0.39, 0.29) is 25.2 Å². The molecule has 0 spiro atoms. The summed E-state index contributed by atoms with van der Waals surface area (Å²) in [5.74, 6) is -1.15. The van der Waals surface area contributed by atoms with Crippen molar-refractivity contribution in [2.45, 2.75) is 32.8 Å². The molecular formula is C25H29IN4O6. The fourth-order valence-electron chi connectivity index (χ4n) is 3.59. The molecule has 2 aromatic rings. The molecule has 0 aromatic heterocycles. The van der Waals surface area contributed by atoms with E-state index >= 15 is 0 Å². The zero-order valence-electron chi connectivity index (χ0n) is 20.4. The third kappa shape index (κ3) is 7.65. The second-order valence-electron chi connectivity index (χ2n) is 8.18. The minimum absolute atomic E-state index is 0.0572. The Morgan fingerprint density at radius 3 is 2.61 bits per heavy atom. The molecule has 10 nitrogen and oxygen atoms in total. The summed E-state index contributed by atoms with van der Waals surface area (Å²) in [6.45, 7) is 4.61. The molecule has 0 aliphatic carbocycles. The van der Waals surface area contributed by atoms with E-state index in [1.807, 2.05) is 32.0 Å². The van der Waals surface area contributed by atoms with Crippen molar-refractivity contribution in [2.24, 2.45) is 5.10 Å². The van der Waals surface area contributed by atoms with Crippen LogP contribution >= 0.6 is 22.6 Å². The summed E-state index contributed by atoms with van der Waals surface area (Å²) in [5, 5.41) is 9.26. The first kappa shape index (κ1) is 27.4. The van der Waals surface area contributed by atoms with Crippen molar-refractivity contribution >= 4 is 52.2 Å². The minimum Gasteiger partial charge on any atom is -0.493 e. The van der Waals surface area contributed by atoms with Crippen LogP contribution in [0.5, 0.6) is 11.5 Å². The number of ether oxygens (including phenoxy) is 3. The number of nitrogens with one attached hydrogen (secondary N) is 3. The SMILES string of the molecule is COc1cc(/C=N\NC(=O)C(=O)NC[C@@H]2CCCO2)cc(I)c1OCC(=O)Nc1c(C)cccc1C. The van der Waals surface area contributed by atoms with E-state index in [0.29, 0.717) is 27.2 Å². The molecule has 0 radical (unpaired) electrons. The van der Waals surface area contributed by atoms with E-state index in [4.69, 9.17) is 14.2 Å². The van der Waals surface area contributed by atoms with Gasteiger partial charge in [0.1, 0.15) is 0 Å². The summed E-state index contributed by atoms with van der Waals surface area (Å²) < 4.78 is 17.2. The van der Waals surface area contributed by atoms with Gasteiger partial charge in [0, 0.05) is 18.8 Å². The number of hydrogen-bond donors (Lipinski definition) is 3. The average Bonchev–Trinajstić information content (AvgIpc) is 3.37. The highest BCUT2D eigenvalue weighted by Crippen LogP contribution is 2.33. The molecule has 2 aromatic carbocycles. The zero-order chi connectivity index (χ0) is 26.1. The van der Waals surface area contributed by atoms with E-state index in [1.165, 1.54) is 13.3 Å². The van der Waals surface area contributed by atoms with Crippen LogP contribution in [0.3, 0.4) is 0 Å². The number of halogens is 1. The molecule has 0 bridgehead atoms. The van der Waals surface area contributed by atoms with Crippen LogP contribution in [0.4, 0.5) is 5.69 Å². The zero-order valence-corrected chi connectivity index (χ0v) is 22.5. The number of para-hydroxylation sites is 1. The van der Waals surface area contributed by atoms with Gasteiger partial charge in [0.2, 0.25) is 0 Å². The summed E-state index contributed by atoms with van der Waals surface area (Å²) in [6, 6.07) is 9.18. The molecule has 1 heterocycles. The van der Waals surface area contributed by atoms with Crippen LogP contribution in [-0.4, -0.2) is 56.9 Å². The van der Waals surface area contributed by atoms with Gasteiger partial charge in [0.15, 0.2) is 18.1 Å². The number of aryl methyl sites for hydroxylation is 2. The Labute approximate surface area is 223 Å². The highest BCUT2D eigenvalue weighted by Gasteiger charge is 2.19. The predicted octanol–water partition coefficient (Wildman–Crippen LogP) is 2.68. The van der Waals surface area contributed by atoms with Gasteiger partial charge in [-0.1, -0.05) is 18.2 Å². The molecule has 11 heteroatoms. The molecule has 0 unspecified atom stereocenters. The number of benzene rings is 2. The third-order valence-corrected chi connectivity index (χ3v) is 6.25. The number of hydrazone groups is 1. The fourth-order valence-corrected chi connectivity index (χ4v) is 4.37. The molecule has 1 atom stereocenters. The first-order valence-electron chi connectivity index (χ1n) is 11.4. The number of methoxy groups -OCH3 is 1. The Hall–Kier alpha value is -3.19. The molecule has 36 heavy (non-hydrogen) atoms. The molecule has 1 saturated heterocycles. The topological polar surface area (TPSA) is 127 Å². The van der Waals surface area contributed by atoms with Crippen LogP contribution in [0.15, 0.2) is 35.4 Å². The molecule has 3 rings (SSSR count). The number of rotatable bonds is 9. The summed E-state index contributed by atoms with van der Waals surface area (Å²) in [5.41, 5.74) is 5.50.